The van der Waals surface area contributed by atoms with Gasteiger partial charge in [-0.05, 0) is 48.4 Å². The fraction of sp³-hybridized carbons (Fsp3) is 0.200. The molecule has 2 unspecified atom stereocenters. The molecule has 1 N–H and O–H groups in total. The minimum Gasteiger partial charge on any atom is -0.497 e. The zero-order valence-corrected chi connectivity index (χ0v) is 23.3. The van der Waals surface area contributed by atoms with Crippen molar-refractivity contribution in [3.05, 3.63) is 105 Å². The zero-order valence-electron chi connectivity index (χ0n) is 21.7. The van der Waals surface area contributed by atoms with Gasteiger partial charge in [0.25, 0.3) is 0 Å². The van der Waals surface area contributed by atoms with Gasteiger partial charge in [0.15, 0.2) is 0 Å². The second-order valence-corrected chi connectivity index (χ2v) is 11.8. The fourth-order valence-corrected chi connectivity index (χ4v) is 8.08. The van der Waals surface area contributed by atoms with Crippen LogP contribution in [-0.4, -0.2) is 34.6 Å². The van der Waals surface area contributed by atoms with Crippen LogP contribution in [0.4, 0.5) is 11.4 Å². The van der Waals surface area contributed by atoms with Gasteiger partial charge in [0.1, 0.15) is 17.5 Å². The Morgan fingerprint density at radius 2 is 1.62 bits per heavy atom. The molecule has 3 atom stereocenters. The number of thioether (sulfide) groups is 1. The summed E-state index contributed by atoms with van der Waals surface area (Å²) in [6.07, 6.45) is 0. The third-order valence-corrected chi connectivity index (χ3v) is 9.86. The first-order chi connectivity index (χ1) is 19.4. The minimum absolute atomic E-state index is 0.199. The number of thiazole rings is 1. The molecule has 202 valence electrons. The zero-order chi connectivity index (χ0) is 28.0. The van der Waals surface area contributed by atoms with Crippen LogP contribution in [-0.2, 0) is 20.9 Å². The van der Waals surface area contributed by atoms with Crippen molar-refractivity contribution in [2.24, 2.45) is 5.92 Å². The molecule has 1 fully saturated rings. The smallest absolute Gasteiger partial charge is 0.308 e. The van der Waals surface area contributed by atoms with Crippen LogP contribution < -0.4 is 19.8 Å². The van der Waals surface area contributed by atoms with E-state index in [0.29, 0.717) is 27.0 Å². The summed E-state index contributed by atoms with van der Waals surface area (Å²) >= 11 is 2.23. The fourth-order valence-electron chi connectivity index (χ4n) is 5.31. The van der Waals surface area contributed by atoms with Crippen LogP contribution in [0, 0.1) is 12.8 Å². The molecular formula is C30H25N3O5S2. The van der Waals surface area contributed by atoms with Gasteiger partial charge in [0.2, 0.25) is 17.7 Å². The Morgan fingerprint density at radius 3 is 2.33 bits per heavy atom. The highest BCUT2D eigenvalue weighted by atomic mass is 32.2. The number of methoxy groups -OCH3 is 1. The van der Waals surface area contributed by atoms with Gasteiger partial charge in [-0.25, -0.2) is 4.90 Å². The van der Waals surface area contributed by atoms with Crippen molar-refractivity contribution in [3.8, 4) is 5.75 Å². The maximum absolute atomic E-state index is 13.9. The first kappa shape index (κ1) is 26.1. The van der Waals surface area contributed by atoms with Crippen LogP contribution in [0.15, 0.2) is 88.7 Å². The van der Waals surface area contributed by atoms with Gasteiger partial charge >= 0.3 is 4.87 Å². The second kappa shape index (κ2) is 10.4. The van der Waals surface area contributed by atoms with E-state index in [-0.39, 0.29) is 29.1 Å². The number of imide groups is 1. The molecule has 8 nitrogen and oxygen atoms in total. The van der Waals surface area contributed by atoms with Gasteiger partial charge in [-0.15, -0.1) is 0 Å². The van der Waals surface area contributed by atoms with E-state index in [4.69, 9.17) is 4.74 Å². The van der Waals surface area contributed by atoms with E-state index in [0.717, 1.165) is 22.5 Å². The number of nitrogens with zero attached hydrogens (tertiary/aromatic N) is 2. The summed E-state index contributed by atoms with van der Waals surface area (Å²) in [5, 5.41) is 2.70. The molecule has 2 aliphatic heterocycles. The molecule has 0 aliphatic carbocycles. The van der Waals surface area contributed by atoms with E-state index in [1.165, 1.54) is 21.2 Å². The highest BCUT2D eigenvalue weighted by Crippen LogP contribution is 2.53. The number of amides is 3. The summed E-state index contributed by atoms with van der Waals surface area (Å²) < 4.78 is 6.66. The number of fused-ring (bicyclic) bond motifs is 2. The number of ether oxygens (including phenoxy) is 1. The molecule has 6 rings (SSSR count). The first-order valence-corrected chi connectivity index (χ1v) is 14.4. The molecule has 3 aromatic carbocycles. The second-order valence-electron chi connectivity index (χ2n) is 9.65. The lowest BCUT2D eigenvalue weighted by atomic mass is 9.83. The summed E-state index contributed by atoms with van der Waals surface area (Å²) in [4.78, 5) is 55.7. The van der Waals surface area contributed by atoms with E-state index in [2.05, 4.69) is 5.32 Å². The van der Waals surface area contributed by atoms with Gasteiger partial charge in [-0.2, -0.15) is 0 Å². The van der Waals surface area contributed by atoms with Crippen molar-refractivity contribution in [2.75, 3.05) is 17.3 Å². The Hall–Kier alpha value is -4.15. The molecule has 0 radical (unpaired) electrons. The van der Waals surface area contributed by atoms with Crippen LogP contribution in [0.1, 0.15) is 21.9 Å². The van der Waals surface area contributed by atoms with Crippen molar-refractivity contribution in [1.29, 1.82) is 0 Å². The molecule has 4 aromatic rings. The van der Waals surface area contributed by atoms with Crippen LogP contribution in [0.25, 0.3) is 0 Å². The molecular weight excluding hydrogens is 546 g/mol. The third-order valence-electron chi connectivity index (χ3n) is 7.26. The van der Waals surface area contributed by atoms with Crippen molar-refractivity contribution in [2.45, 2.75) is 29.7 Å². The lowest BCUT2D eigenvalue weighted by Gasteiger charge is -2.30. The number of carbonyl (C=O) groups is 3. The molecule has 2 aliphatic rings. The van der Waals surface area contributed by atoms with E-state index in [1.807, 2.05) is 55.5 Å². The SMILES string of the molecule is COc1ccc(N2C(=O)C3Sc4c(sc(=O)n4CC(=O)Nc4ccccc4C)[C@H](c4ccccc4)C3C2=O)cc1. The maximum atomic E-state index is 13.9. The summed E-state index contributed by atoms with van der Waals surface area (Å²) in [7, 11) is 1.55. The quantitative estimate of drug-likeness (QED) is 0.338. The molecule has 3 heterocycles. The standard InChI is InChI=1S/C30H25N3O5S2/c1-17-8-6-7-11-21(17)31-22(34)16-32-29-26(40-30(32)37)23(18-9-4-3-5-10-18)24-25(39-29)28(36)33(27(24)35)19-12-14-20(38-2)15-13-19/h3-15,23-25H,16H2,1-2H3,(H,31,34)/t23-,24?,25?/m1/s1. The Bertz CT molecular complexity index is 1680. The third kappa shape index (κ3) is 4.43. The number of para-hydroxylation sites is 1. The van der Waals surface area contributed by atoms with E-state index in [9.17, 15) is 19.2 Å². The number of aryl methyl sites for hydroxylation is 1. The molecule has 0 bridgehead atoms. The van der Waals surface area contributed by atoms with Crippen molar-refractivity contribution < 1.29 is 19.1 Å². The Morgan fingerprint density at radius 1 is 0.925 bits per heavy atom. The number of aromatic nitrogens is 1. The average Bonchev–Trinajstić information content (AvgIpc) is 3.41. The van der Waals surface area contributed by atoms with Gasteiger partial charge in [-0.3, -0.25) is 23.7 Å². The van der Waals surface area contributed by atoms with Gasteiger partial charge in [0.05, 0.1) is 23.7 Å². The minimum atomic E-state index is -0.744. The van der Waals surface area contributed by atoms with Gasteiger partial charge < -0.3 is 10.1 Å². The normalized spacial score (nSPS) is 19.8. The summed E-state index contributed by atoms with van der Waals surface area (Å²) in [5.41, 5.74) is 2.89. The Labute approximate surface area is 238 Å². The summed E-state index contributed by atoms with van der Waals surface area (Å²) in [6.45, 7) is 1.70. The van der Waals surface area contributed by atoms with Crippen molar-refractivity contribution >= 4 is 52.2 Å². The summed E-state index contributed by atoms with van der Waals surface area (Å²) in [5.74, 6) is -1.57. The molecule has 0 spiro atoms. The number of hydrogen-bond acceptors (Lipinski definition) is 7. The van der Waals surface area contributed by atoms with Crippen LogP contribution >= 0.6 is 23.1 Å². The average molecular weight is 572 g/mol. The molecule has 3 amide bonds. The van der Waals surface area contributed by atoms with E-state index >= 15 is 0 Å². The molecule has 0 saturated carbocycles. The van der Waals surface area contributed by atoms with Crippen LogP contribution in [0.2, 0.25) is 0 Å². The predicted octanol–water partition coefficient (Wildman–Crippen LogP) is 4.66. The number of benzene rings is 3. The van der Waals surface area contributed by atoms with Gasteiger partial charge in [-0.1, -0.05) is 71.6 Å². The largest absolute Gasteiger partial charge is 0.497 e. The monoisotopic (exact) mass is 571 g/mol. The maximum Gasteiger partial charge on any atom is 0.308 e. The Balaban J connectivity index is 1.39. The van der Waals surface area contributed by atoms with Crippen LogP contribution in [0.5, 0.6) is 5.75 Å². The van der Waals surface area contributed by atoms with E-state index in [1.54, 1.807) is 37.4 Å². The summed E-state index contributed by atoms with van der Waals surface area (Å²) in [6, 6.07) is 23.7. The lowest BCUT2D eigenvalue weighted by Crippen LogP contribution is -2.33. The highest BCUT2D eigenvalue weighted by molar-refractivity contribution is 8.00. The molecule has 1 aromatic heterocycles. The topological polar surface area (TPSA) is 97.7 Å². The number of hydrogen-bond donors (Lipinski definition) is 1. The number of nitrogens with one attached hydrogen (secondary N) is 1. The van der Waals surface area contributed by atoms with Crippen LogP contribution in [0.3, 0.4) is 0 Å². The Kier molecular flexibility index (Phi) is 6.81. The molecule has 1 saturated heterocycles. The van der Waals surface area contributed by atoms with E-state index < -0.39 is 17.1 Å². The molecule has 10 heteroatoms. The number of carbonyl (C=O) groups excluding carboxylic acids is 3. The highest BCUT2D eigenvalue weighted by Gasteiger charge is 2.56. The lowest BCUT2D eigenvalue weighted by molar-refractivity contribution is -0.122. The van der Waals surface area contributed by atoms with Crippen molar-refractivity contribution in [1.82, 2.24) is 4.57 Å². The van der Waals surface area contributed by atoms with Crippen molar-refractivity contribution in [3.63, 3.8) is 0 Å². The number of anilines is 2. The molecule has 40 heavy (non-hydrogen) atoms. The van der Waals surface area contributed by atoms with Gasteiger partial charge in [0, 0.05) is 16.5 Å². The predicted molar refractivity (Wildman–Crippen MR) is 155 cm³/mol. The number of rotatable bonds is 6. The first-order valence-electron chi connectivity index (χ1n) is 12.7.